The van der Waals surface area contributed by atoms with E-state index in [9.17, 15) is 18.0 Å². The Hall–Kier alpha value is -1.76. The number of alkyl halides is 3. The van der Waals surface area contributed by atoms with Crippen LogP contribution in [0.1, 0.15) is 17.2 Å². The van der Waals surface area contributed by atoms with Crippen LogP contribution in [0, 0.1) is 0 Å². The number of carboxylic acids is 1. The highest BCUT2D eigenvalue weighted by Gasteiger charge is 2.32. The molecule has 1 aromatic carbocycles. The zero-order valence-corrected chi connectivity index (χ0v) is 7.69. The van der Waals surface area contributed by atoms with E-state index >= 15 is 0 Å². The Kier molecular flexibility index (Phi) is 3.09. The van der Waals surface area contributed by atoms with Gasteiger partial charge in [-0.2, -0.15) is 13.2 Å². The summed E-state index contributed by atoms with van der Waals surface area (Å²) in [5.74, 6) is -2.57. The molecule has 88 valence electrons. The monoisotopic (exact) mass is 236 g/mol. The van der Waals surface area contributed by atoms with Crippen LogP contribution >= 0.6 is 0 Å². The molecule has 0 bridgehead atoms. The Labute approximate surface area is 87.6 Å². The van der Waals surface area contributed by atoms with E-state index in [2.05, 4.69) is 0 Å². The van der Waals surface area contributed by atoms with Gasteiger partial charge in [0.05, 0.1) is 5.56 Å². The Balaban J connectivity index is 3.15. The van der Waals surface area contributed by atoms with Crippen LogP contribution < -0.4 is 0 Å². The predicted octanol–water partition coefficient (Wildman–Crippen LogP) is 1.53. The third-order valence-electron chi connectivity index (χ3n) is 1.89. The molecule has 0 fully saturated rings. The van der Waals surface area contributed by atoms with Gasteiger partial charge in [0, 0.05) is 5.56 Å². The number of phenols is 1. The minimum Gasteiger partial charge on any atom is -0.508 e. The molecule has 16 heavy (non-hydrogen) atoms. The largest absolute Gasteiger partial charge is 0.508 e. The molecule has 7 heteroatoms. The maximum atomic E-state index is 12.2. The predicted molar refractivity (Wildman–Crippen MR) is 45.7 cm³/mol. The van der Waals surface area contributed by atoms with Crippen molar-refractivity contribution < 1.29 is 33.3 Å². The minimum absolute atomic E-state index is 0.363. The number of carbonyl (C=O) groups is 1. The fourth-order valence-corrected chi connectivity index (χ4v) is 1.08. The van der Waals surface area contributed by atoms with Crippen molar-refractivity contribution in [2.75, 3.05) is 0 Å². The molecule has 0 saturated carbocycles. The molecular weight excluding hydrogens is 229 g/mol. The van der Waals surface area contributed by atoms with Crippen LogP contribution in [0.15, 0.2) is 18.2 Å². The van der Waals surface area contributed by atoms with Crippen LogP contribution in [0.3, 0.4) is 0 Å². The zero-order chi connectivity index (χ0) is 12.5. The molecule has 4 nitrogen and oxygen atoms in total. The number of aliphatic carboxylic acids is 1. The fraction of sp³-hybridized carbons (Fsp3) is 0.222. The van der Waals surface area contributed by atoms with Crippen molar-refractivity contribution in [2.24, 2.45) is 0 Å². The van der Waals surface area contributed by atoms with E-state index in [1.807, 2.05) is 0 Å². The quantitative estimate of drug-likeness (QED) is 0.727. The number of carboxylic acid groups (broad SMARTS) is 1. The third kappa shape index (κ3) is 2.43. The number of aliphatic hydroxyl groups excluding tert-OH is 1. The summed E-state index contributed by atoms with van der Waals surface area (Å²) in [4.78, 5) is 10.4. The number of aromatic hydroxyl groups is 1. The van der Waals surface area contributed by atoms with Gasteiger partial charge in [-0.3, -0.25) is 0 Å². The molecular formula is C9H7F3O4. The first-order valence-corrected chi connectivity index (χ1v) is 4.04. The Morgan fingerprint density at radius 3 is 2.25 bits per heavy atom. The van der Waals surface area contributed by atoms with Crippen molar-refractivity contribution in [1.82, 2.24) is 0 Å². The van der Waals surface area contributed by atoms with E-state index in [1.54, 1.807) is 0 Å². The standard InChI is InChI=1S/C9H7F3O4/c10-9(11,12)4-1-2-5(6(13)3-4)7(14)8(15)16/h1-3,7,13-14H,(H,15,16). The fourth-order valence-electron chi connectivity index (χ4n) is 1.08. The summed E-state index contributed by atoms with van der Waals surface area (Å²) in [6, 6.07) is 1.67. The molecule has 1 atom stereocenters. The summed E-state index contributed by atoms with van der Waals surface area (Å²) < 4.78 is 36.5. The lowest BCUT2D eigenvalue weighted by molar-refractivity contribution is -0.147. The maximum Gasteiger partial charge on any atom is 0.416 e. The Bertz CT molecular complexity index is 414. The molecule has 0 aliphatic rings. The molecule has 0 saturated heterocycles. The molecule has 0 amide bonds. The van der Waals surface area contributed by atoms with Gasteiger partial charge in [-0.1, -0.05) is 6.07 Å². The number of halogens is 3. The third-order valence-corrected chi connectivity index (χ3v) is 1.89. The number of hydrogen-bond donors (Lipinski definition) is 3. The summed E-state index contributed by atoms with van der Waals surface area (Å²) >= 11 is 0. The van der Waals surface area contributed by atoms with Gasteiger partial charge >= 0.3 is 12.1 Å². The summed E-state index contributed by atoms with van der Waals surface area (Å²) in [5, 5.41) is 26.6. The highest BCUT2D eigenvalue weighted by Crippen LogP contribution is 2.34. The van der Waals surface area contributed by atoms with Crippen LogP contribution in [-0.2, 0) is 11.0 Å². The normalized spacial score (nSPS) is 13.5. The number of benzene rings is 1. The maximum absolute atomic E-state index is 12.2. The van der Waals surface area contributed by atoms with Crippen molar-refractivity contribution in [1.29, 1.82) is 0 Å². The highest BCUT2D eigenvalue weighted by molar-refractivity contribution is 5.75. The van der Waals surface area contributed by atoms with Gasteiger partial charge in [0.25, 0.3) is 0 Å². The van der Waals surface area contributed by atoms with Crippen molar-refractivity contribution in [2.45, 2.75) is 12.3 Å². The lowest BCUT2D eigenvalue weighted by Crippen LogP contribution is -2.12. The van der Waals surface area contributed by atoms with Crippen LogP contribution in [0.4, 0.5) is 13.2 Å². The van der Waals surface area contributed by atoms with Crippen LogP contribution in [-0.4, -0.2) is 21.3 Å². The SMILES string of the molecule is O=C(O)C(O)c1ccc(C(F)(F)F)cc1O. The minimum atomic E-state index is -4.63. The Morgan fingerprint density at radius 2 is 1.88 bits per heavy atom. The molecule has 0 aromatic heterocycles. The summed E-state index contributed by atoms with van der Waals surface area (Å²) in [7, 11) is 0. The van der Waals surface area contributed by atoms with Gasteiger partial charge < -0.3 is 15.3 Å². The first kappa shape index (κ1) is 12.3. The van der Waals surface area contributed by atoms with E-state index in [-0.39, 0.29) is 0 Å². The smallest absolute Gasteiger partial charge is 0.416 e. The molecule has 0 aliphatic carbocycles. The summed E-state index contributed by atoms with van der Waals surface area (Å²) in [6.07, 6.45) is -6.69. The molecule has 3 N–H and O–H groups in total. The van der Waals surface area contributed by atoms with E-state index in [0.29, 0.717) is 12.1 Å². The molecule has 0 aliphatic heterocycles. The van der Waals surface area contributed by atoms with Gasteiger partial charge in [0.2, 0.25) is 0 Å². The molecule has 1 rings (SSSR count). The summed E-state index contributed by atoms with van der Waals surface area (Å²) in [5.41, 5.74) is -1.60. The second-order valence-corrected chi connectivity index (χ2v) is 3.01. The number of hydrogen-bond acceptors (Lipinski definition) is 3. The van der Waals surface area contributed by atoms with Gasteiger partial charge in [0.1, 0.15) is 5.75 Å². The average molecular weight is 236 g/mol. The van der Waals surface area contributed by atoms with Gasteiger partial charge in [-0.05, 0) is 12.1 Å². The lowest BCUT2D eigenvalue weighted by atomic mass is 10.1. The van der Waals surface area contributed by atoms with Crippen molar-refractivity contribution in [3.8, 4) is 5.75 Å². The van der Waals surface area contributed by atoms with Crippen molar-refractivity contribution in [3.63, 3.8) is 0 Å². The molecule has 0 heterocycles. The number of aliphatic hydroxyl groups is 1. The molecule has 0 spiro atoms. The lowest BCUT2D eigenvalue weighted by Gasteiger charge is -2.11. The number of phenolic OH excluding ortho intramolecular Hbond substituents is 1. The second-order valence-electron chi connectivity index (χ2n) is 3.01. The van der Waals surface area contributed by atoms with Crippen LogP contribution in [0.25, 0.3) is 0 Å². The molecule has 1 aromatic rings. The van der Waals surface area contributed by atoms with E-state index < -0.39 is 35.1 Å². The van der Waals surface area contributed by atoms with Crippen molar-refractivity contribution >= 4 is 5.97 Å². The van der Waals surface area contributed by atoms with Gasteiger partial charge in [-0.15, -0.1) is 0 Å². The molecule has 0 radical (unpaired) electrons. The van der Waals surface area contributed by atoms with Gasteiger partial charge in [-0.25, -0.2) is 4.79 Å². The topological polar surface area (TPSA) is 77.8 Å². The zero-order valence-electron chi connectivity index (χ0n) is 7.69. The summed E-state index contributed by atoms with van der Waals surface area (Å²) in [6.45, 7) is 0. The van der Waals surface area contributed by atoms with E-state index in [4.69, 9.17) is 15.3 Å². The Morgan fingerprint density at radius 1 is 1.31 bits per heavy atom. The highest BCUT2D eigenvalue weighted by atomic mass is 19.4. The van der Waals surface area contributed by atoms with Gasteiger partial charge in [0.15, 0.2) is 6.10 Å². The van der Waals surface area contributed by atoms with Crippen LogP contribution in [0.5, 0.6) is 5.75 Å². The first-order valence-electron chi connectivity index (χ1n) is 4.04. The van der Waals surface area contributed by atoms with E-state index in [0.717, 1.165) is 6.07 Å². The first-order chi connectivity index (χ1) is 7.23. The molecule has 1 unspecified atom stereocenters. The van der Waals surface area contributed by atoms with Crippen LogP contribution in [0.2, 0.25) is 0 Å². The second kappa shape index (κ2) is 4.01. The number of rotatable bonds is 2. The van der Waals surface area contributed by atoms with E-state index in [1.165, 1.54) is 0 Å². The van der Waals surface area contributed by atoms with Crippen molar-refractivity contribution in [3.05, 3.63) is 29.3 Å². The average Bonchev–Trinajstić information content (AvgIpc) is 2.15.